The highest BCUT2D eigenvalue weighted by atomic mass is 28.4. The Balaban J connectivity index is 4.10. The zero-order chi connectivity index (χ0) is 8.41. The average Bonchev–Trinajstić information content (AvgIpc) is 1.61. The van der Waals surface area contributed by atoms with Crippen molar-refractivity contribution in [3.8, 4) is 0 Å². The van der Waals surface area contributed by atoms with Gasteiger partial charge in [0.05, 0.1) is 0 Å². The molecule has 62 valence electrons. The molecule has 0 radical (unpaired) electrons. The summed E-state index contributed by atoms with van der Waals surface area (Å²) in [6.07, 6.45) is 0. The van der Waals surface area contributed by atoms with Gasteiger partial charge in [-0.2, -0.15) is 0 Å². The van der Waals surface area contributed by atoms with Gasteiger partial charge in [0.1, 0.15) is 10.5 Å². The summed E-state index contributed by atoms with van der Waals surface area (Å²) < 4.78 is 5.15. The van der Waals surface area contributed by atoms with Gasteiger partial charge in [0, 0.05) is 11.6 Å². The first-order chi connectivity index (χ1) is 4.31. The second-order valence-corrected chi connectivity index (χ2v) is 8.92. The standard InChI is InChI=1S/C6H18O2Si2/c1-6(2,5-8-9)10(3,4)7/h7H,5H2,1-4,9H3. The summed E-state index contributed by atoms with van der Waals surface area (Å²) >= 11 is 0. The van der Waals surface area contributed by atoms with E-state index in [9.17, 15) is 4.80 Å². The quantitative estimate of drug-likeness (QED) is 0.628. The highest BCUT2D eigenvalue weighted by molar-refractivity contribution is 6.72. The van der Waals surface area contributed by atoms with Crippen LogP contribution in [0.3, 0.4) is 0 Å². The van der Waals surface area contributed by atoms with E-state index in [1.54, 1.807) is 0 Å². The predicted octanol–water partition coefficient (Wildman–Crippen LogP) is 0.261. The third-order valence-corrected chi connectivity index (χ3v) is 5.91. The first-order valence-corrected chi connectivity index (χ1v) is 7.29. The largest absolute Gasteiger partial charge is 0.432 e. The van der Waals surface area contributed by atoms with Crippen LogP contribution in [0.2, 0.25) is 18.1 Å². The molecule has 0 aromatic heterocycles. The van der Waals surface area contributed by atoms with Gasteiger partial charge in [-0.15, -0.1) is 0 Å². The van der Waals surface area contributed by atoms with Crippen LogP contribution in [0.4, 0.5) is 0 Å². The van der Waals surface area contributed by atoms with Crippen molar-refractivity contribution in [1.29, 1.82) is 0 Å². The summed E-state index contributed by atoms with van der Waals surface area (Å²) in [5, 5.41) is -0.00521. The van der Waals surface area contributed by atoms with Crippen molar-refractivity contribution in [3.63, 3.8) is 0 Å². The third-order valence-electron chi connectivity index (χ3n) is 2.16. The molecule has 0 heterocycles. The molecule has 0 bridgehead atoms. The number of hydrogen-bond acceptors (Lipinski definition) is 2. The van der Waals surface area contributed by atoms with Crippen LogP contribution >= 0.6 is 0 Å². The minimum absolute atomic E-state index is 0.00521. The Hall–Kier alpha value is 0.354. The van der Waals surface area contributed by atoms with Gasteiger partial charge in [-0.3, -0.25) is 0 Å². The monoisotopic (exact) mass is 178 g/mol. The maximum Gasteiger partial charge on any atom is 0.190 e. The maximum absolute atomic E-state index is 9.75. The molecule has 0 rings (SSSR count). The normalized spacial score (nSPS) is 14.1. The maximum atomic E-state index is 9.75. The molecular weight excluding hydrogens is 160 g/mol. The molecule has 2 nitrogen and oxygen atoms in total. The van der Waals surface area contributed by atoms with Gasteiger partial charge in [-0.25, -0.2) is 0 Å². The average molecular weight is 178 g/mol. The molecule has 0 aromatic carbocycles. The molecule has 0 aliphatic carbocycles. The molecule has 1 N–H and O–H groups in total. The molecule has 10 heavy (non-hydrogen) atoms. The first-order valence-electron chi connectivity index (χ1n) is 3.52. The van der Waals surface area contributed by atoms with Crippen molar-refractivity contribution in [2.75, 3.05) is 6.61 Å². The minimum Gasteiger partial charge on any atom is -0.432 e. The van der Waals surface area contributed by atoms with Crippen molar-refractivity contribution in [2.45, 2.75) is 32.0 Å². The van der Waals surface area contributed by atoms with Gasteiger partial charge in [0.15, 0.2) is 8.32 Å². The van der Waals surface area contributed by atoms with Crippen molar-refractivity contribution < 1.29 is 9.22 Å². The van der Waals surface area contributed by atoms with Crippen LogP contribution in [0, 0.1) is 0 Å². The fourth-order valence-electron chi connectivity index (χ4n) is 0.537. The lowest BCUT2D eigenvalue weighted by Gasteiger charge is -2.34. The van der Waals surface area contributed by atoms with Crippen LogP contribution in [0.1, 0.15) is 13.8 Å². The van der Waals surface area contributed by atoms with Crippen molar-refractivity contribution in [1.82, 2.24) is 0 Å². The van der Waals surface area contributed by atoms with Crippen molar-refractivity contribution in [3.05, 3.63) is 0 Å². The first kappa shape index (κ1) is 10.4. The summed E-state index contributed by atoms with van der Waals surface area (Å²) in [5.41, 5.74) is 0. The van der Waals surface area contributed by atoms with Crippen LogP contribution in [0.25, 0.3) is 0 Å². The molecule has 0 spiro atoms. The minimum atomic E-state index is -2.01. The lowest BCUT2D eigenvalue weighted by molar-refractivity contribution is 0.281. The smallest absolute Gasteiger partial charge is 0.190 e. The van der Waals surface area contributed by atoms with Crippen LogP contribution in [-0.2, 0) is 4.43 Å². The van der Waals surface area contributed by atoms with E-state index in [2.05, 4.69) is 13.8 Å². The van der Waals surface area contributed by atoms with Gasteiger partial charge in [0.25, 0.3) is 0 Å². The summed E-state index contributed by atoms with van der Waals surface area (Å²) in [6, 6.07) is 0. The third kappa shape index (κ3) is 2.53. The molecule has 0 aromatic rings. The molecule has 0 amide bonds. The SMILES string of the molecule is CC(C)(CO[SiH3])[Si](C)(C)O. The van der Waals surface area contributed by atoms with Crippen LogP contribution < -0.4 is 0 Å². The second kappa shape index (κ2) is 3.17. The Morgan fingerprint density at radius 1 is 1.50 bits per heavy atom. The van der Waals surface area contributed by atoms with Crippen molar-refractivity contribution >= 4 is 18.8 Å². The summed E-state index contributed by atoms with van der Waals surface area (Å²) in [7, 11) is -1.24. The highest BCUT2D eigenvalue weighted by Crippen LogP contribution is 2.34. The summed E-state index contributed by atoms with van der Waals surface area (Å²) in [5.74, 6) is 0. The van der Waals surface area contributed by atoms with E-state index < -0.39 is 8.32 Å². The van der Waals surface area contributed by atoms with Gasteiger partial charge >= 0.3 is 0 Å². The van der Waals surface area contributed by atoms with Gasteiger partial charge in [0.2, 0.25) is 0 Å². The van der Waals surface area contributed by atoms with Crippen molar-refractivity contribution in [2.24, 2.45) is 0 Å². The van der Waals surface area contributed by atoms with E-state index in [1.165, 1.54) is 0 Å². The molecule has 0 aliphatic heterocycles. The lowest BCUT2D eigenvalue weighted by atomic mass is 10.2. The van der Waals surface area contributed by atoms with E-state index in [1.807, 2.05) is 13.1 Å². The van der Waals surface area contributed by atoms with Gasteiger partial charge in [-0.1, -0.05) is 13.8 Å². The second-order valence-electron chi connectivity index (χ2n) is 3.88. The molecule has 0 unspecified atom stereocenters. The summed E-state index contributed by atoms with van der Waals surface area (Å²) in [4.78, 5) is 9.75. The Labute approximate surface area is 67.3 Å². The zero-order valence-corrected chi connectivity index (χ0v) is 10.6. The van der Waals surface area contributed by atoms with E-state index in [0.717, 1.165) is 10.5 Å². The Bertz CT molecular complexity index is 107. The number of rotatable bonds is 3. The van der Waals surface area contributed by atoms with Crippen LogP contribution in [0.5, 0.6) is 0 Å². The Morgan fingerprint density at radius 2 is 1.90 bits per heavy atom. The molecule has 0 aliphatic rings. The molecular formula is C6H18O2Si2. The van der Waals surface area contributed by atoms with E-state index in [-0.39, 0.29) is 5.04 Å². The topological polar surface area (TPSA) is 29.5 Å². The lowest BCUT2D eigenvalue weighted by Crippen LogP contribution is -2.41. The molecule has 0 saturated carbocycles. The van der Waals surface area contributed by atoms with E-state index >= 15 is 0 Å². The Morgan fingerprint density at radius 3 is 2.00 bits per heavy atom. The molecule has 0 atom stereocenters. The van der Waals surface area contributed by atoms with Crippen LogP contribution in [-0.4, -0.2) is 30.2 Å². The highest BCUT2D eigenvalue weighted by Gasteiger charge is 2.37. The predicted molar refractivity (Wildman–Crippen MR) is 49.6 cm³/mol. The van der Waals surface area contributed by atoms with Gasteiger partial charge < -0.3 is 9.22 Å². The van der Waals surface area contributed by atoms with E-state index in [4.69, 9.17) is 4.43 Å². The fraction of sp³-hybridized carbons (Fsp3) is 1.00. The molecule has 0 saturated heterocycles. The summed E-state index contributed by atoms with van der Waals surface area (Å²) in [6.45, 7) is 8.74. The Kier molecular flexibility index (Phi) is 3.28. The van der Waals surface area contributed by atoms with Crippen LogP contribution in [0.15, 0.2) is 0 Å². The molecule has 0 fully saturated rings. The fourth-order valence-corrected chi connectivity index (χ4v) is 2.05. The number of hydrogen-bond donors (Lipinski definition) is 1. The van der Waals surface area contributed by atoms with Gasteiger partial charge in [-0.05, 0) is 13.1 Å². The zero-order valence-electron chi connectivity index (χ0n) is 7.56. The molecule has 4 heteroatoms. The van der Waals surface area contributed by atoms with E-state index in [0.29, 0.717) is 6.61 Å².